The molecule has 2 aliphatic heterocycles. The van der Waals surface area contributed by atoms with E-state index in [1.807, 2.05) is 12.3 Å². The lowest BCUT2D eigenvalue weighted by atomic mass is 10.0. The molecule has 0 unspecified atom stereocenters. The molecule has 16 heavy (non-hydrogen) atoms. The van der Waals surface area contributed by atoms with E-state index in [0.29, 0.717) is 11.5 Å². The zero-order valence-corrected chi connectivity index (χ0v) is 11.1. The Kier molecular flexibility index (Phi) is 1.80. The van der Waals surface area contributed by atoms with Crippen molar-refractivity contribution in [3.63, 3.8) is 0 Å². The Bertz CT molecular complexity index is 458. The topological polar surface area (TPSA) is 25.4 Å². The number of rotatable bonds is 0. The third-order valence-electron chi connectivity index (χ3n) is 4.10. The molecule has 0 amide bonds. The summed E-state index contributed by atoms with van der Waals surface area (Å²) in [6, 6.07) is 2.59. The van der Waals surface area contributed by atoms with Crippen molar-refractivity contribution < 1.29 is 4.74 Å². The molecule has 0 aromatic carbocycles. The van der Waals surface area contributed by atoms with Crippen molar-refractivity contribution in [2.24, 2.45) is 5.41 Å². The zero-order chi connectivity index (χ0) is 10.8. The zero-order valence-electron chi connectivity index (χ0n) is 8.95. The van der Waals surface area contributed by atoms with Gasteiger partial charge in [0.25, 0.3) is 0 Å². The van der Waals surface area contributed by atoms with Crippen LogP contribution in [-0.2, 0) is 0 Å². The SMILES string of the molecule is Ic1ccnc2c1OC[C@@H]1CC3(CC3)CN21. The first-order chi connectivity index (χ1) is 7.77. The molecule has 84 valence electrons. The summed E-state index contributed by atoms with van der Waals surface area (Å²) < 4.78 is 7.06. The van der Waals surface area contributed by atoms with Crippen LogP contribution in [0.15, 0.2) is 12.3 Å². The molecule has 1 aliphatic carbocycles. The summed E-state index contributed by atoms with van der Waals surface area (Å²) in [6.07, 6.45) is 6.00. The summed E-state index contributed by atoms with van der Waals surface area (Å²) in [5.41, 5.74) is 0.624. The standard InChI is InChI=1S/C12H13IN2O/c13-9-1-4-14-11-10(9)16-6-8-5-12(2-3-12)7-15(8)11/h1,4,8H,2-3,5-7H2/t8-/m0/s1. The molecule has 1 atom stereocenters. The molecule has 1 aromatic heterocycles. The van der Waals surface area contributed by atoms with Crippen LogP contribution >= 0.6 is 22.6 Å². The maximum atomic E-state index is 5.88. The lowest BCUT2D eigenvalue weighted by Gasteiger charge is -2.32. The van der Waals surface area contributed by atoms with E-state index in [2.05, 4.69) is 32.5 Å². The predicted molar refractivity (Wildman–Crippen MR) is 69.9 cm³/mol. The fourth-order valence-electron chi connectivity index (χ4n) is 3.03. The number of hydrogen-bond donors (Lipinski definition) is 0. The minimum atomic E-state index is 0.570. The van der Waals surface area contributed by atoms with Crippen molar-refractivity contribution in [1.82, 2.24) is 4.98 Å². The van der Waals surface area contributed by atoms with Gasteiger partial charge in [-0.25, -0.2) is 4.98 Å². The Morgan fingerprint density at radius 3 is 3.19 bits per heavy atom. The van der Waals surface area contributed by atoms with Crippen LogP contribution in [0.4, 0.5) is 5.82 Å². The summed E-state index contributed by atoms with van der Waals surface area (Å²) in [5, 5.41) is 0. The van der Waals surface area contributed by atoms with Gasteiger partial charge in [-0.05, 0) is 53.3 Å². The highest BCUT2D eigenvalue weighted by atomic mass is 127. The van der Waals surface area contributed by atoms with Gasteiger partial charge >= 0.3 is 0 Å². The van der Waals surface area contributed by atoms with Crippen LogP contribution in [0.2, 0.25) is 0 Å². The summed E-state index contributed by atoms with van der Waals surface area (Å²) in [4.78, 5) is 6.99. The normalized spacial score (nSPS) is 28.6. The van der Waals surface area contributed by atoms with Gasteiger partial charge in [0.2, 0.25) is 0 Å². The lowest BCUT2D eigenvalue weighted by molar-refractivity contribution is 0.264. The molecular weight excluding hydrogens is 315 g/mol. The first-order valence-electron chi connectivity index (χ1n) is 5.81. The smallest absolute Gasteiger partial charge is 0.175 e. The Morgan fingerprint density at radius 1 is 1.50 bits per heavy atom. The molecular formula is C12H13IN2O. The van der Waals surface area contributed by atoms with E-state index in [1.54, 1.807) is 0 Å². The van der Waals surface area contributed by atoms with Gasteiger partial charge in [-0.3, -0.25) is 0 Å². The van der Waals surface area contributed by atoms with Crippen molar-refractivity contribution >= 4 is 28.4 Å². The second-order valence-electron chi connectivity index (χ2n) is 5.24. The highest BCUT2D eigenvalue weighted by Gasteiger charge is 2.53. The number of ether oxygens (including phenoxy) is 1. The Balaban J connectivity index is 1.79. The quantitative estimate of drug-likeness (QED) is 0.684. The van der Waals surface area contributed by atoms with E-state index >= 15 is 0 Å². The van der Waals surface area contributed by atoms with Gasteiger partial charge in [-0.15, -0.1) is 0 Å². The molecule has 0 N–H and O–H groups in total. The Labute approximate surface area is 108 Å². The van der Waals surface area contributed by atoms with E-state index in [0.717, 1.165) is 18.2 Å². The number of anilines is 1. The van der Waals surface area contributed by atoms with Crippen molar-refractivity contribution in [2.75, 3.05) is 18.1 Å². The number of nitrogens with zero attached hydrogens (tertiary/aromatic N) is 2. The summed E-state index contributed by atoms with van der Waals surface area (Å²) in [6.45, 7) is 2.04. The van der Waals surface area contributed by atoms with Crippen molar-refractivity contribution in [1.29, 1.82) is 0 Å². The van der Waals surface area contributed by atoms with Gasteiger partial charge in [-0.1, -0.05) is 0 Å². The summed E-state index contributed by atoms with van der Waals surface area (Å²) >= 11 is 2.33. The molecule has 1 saturated heterocycles. The number of halogens is 1. The van der Waals surface area contributed by atoms with Crippen LogP contribution in [0.25, 0.3) is 0 Å². The van der Waals surface area contributed by atoms with Gasteiger partial charge < -0.3 is 9.64 Å². The van der Waals surface area contributed by atoms with E-state index in [1.165, 1.54) is 29.4 Å². The van der Waals surface area contributed by atoms with E-state index in [9.17, 15) is 0 Å². The van der Waals surface area contributed by atoms with Crippen molar-refractivity contribution in [2.45, 2.75) is 25.3 Å². The van der Waals surface area contributed by atoms with Gasteiger partial charge in [-0.2, -0.15) is 0 Å². The first-order valence-corrected chi connectivity index (χ1v) is 6.89. The second-order valence-corrected chi connectivity index (χ2v) is 6.40. The van der Waals surface area contributed by atoms with E-state index in [4.69, 9.17) is 4.74 Å². The van der Waals surface area contributed by atoms with Crippen molar-refractivity contribution in [3.8, 4) is 5.75 Å². The molecule has 1 saturated carbocycles. The average molecular weight is 328 g/mol. The fourth-order valence-corrected chi connectivity index (χ4v) is 3.59. The van der Waals surface area contributed by atoms with E-state index < -0.39 is 0 Å². The predicted octanol–water partition coefficient (Wildman–Crippen LogP) is 2.44. The molecule has 3 nitrogen and oxygen atoms in total. The van der Waals surface area contributed by atoms with Gasteiger partial charge in [0, 0.05) is 12.7 Å². The molecule has 4 heteroatoms. The Morgan fingerprint density at radius 2 is 2.38 bits per heavy atom. The molecule has 0 radical (unpaired) electrons. The van der Waals surface area contributed by atoms with Crippen molar-refractivity contribution in [3.05, 3.63) is 15.8 Å². The number of aromatic nitrogens is 1. The molecule has 2 fully saturated rings. The summed E-state index contributed by atoms with van der Waals surface area (Å²) in [5.74, 6) is 2.07. The molecule has 3 heterocycles. The average Bonchev–Trinajstić information content (AvgIpc) is 2.91. The maximum Gasteiger partial charge on any atom is 0.175 e. The second kappa shape index (κ2) is 3.03. The van der Waals surface area contributed by atoms with Gasteiger partial charge in [0.15, 0.2) is 11.6 Å². The lowest BCUT2D eigenvalue weighted by Crippen LogP contribution is -2.39. The minimum Gasteiger partial charge on any atom is -0.486 e. The van der Waals surface area contributed by atoms with Crippen LogP contribution in [0.3, 0.4) is 0 Å². The Hall–Kier alpha value is -0.520. The van der Waals surface area contributed by atoms with Crippen LogP contribution in [0, 0.1) is 8.99 Å². The number of fused-ring (bicyclic) bond motifs is 3. The molecule has 3 aliphatic rings. The summed E-state index contributed by atoms with van der Waals surface area (Å²) in [7, 11) is 0. The van der Waals surface area contributed by atoms with Crippen LogP contribution in [0.5, 0.6) is 5.75 Å². The fraction of sp³-hybridized carbons (Fsp3) is 0.583. The molecule has 1 spiro atoms. The maximum absolute atomic E-state index is 5.88. The first kappa shape index (κ1) is 9.50. The highest BCUT2D eigenvalue weighted by molar-refractivity contribution is 14.1. The monoisotopic (exact) mass is 328 g/mol. The largest absolute Gasteiger partial charge is 0.486 e. The van der Waals surface area contributed by atoms with E-state index in [-0.39, 0.29) is 0 Å². The van der Waals surface area contributed by atoms with Crippen LogP contribution in [-0.4, -0.2) is 24.2 Å². The number of hydrogen-bond acceptors (Lipinski definition) is 3. The minimum absolute atomic E-state index is 0.570. The van der Waals surface area contributed by atoms with Crippen LogP contribution in [0.1, 0.15) is 19.3 Å². The molecule has 4 rings (SSSR count). The molecule has 1 aromatic rings. The highest BCUT2D eigenvalue weighted by Crippen LogP contribution is 2.57. The third-order valence-corrected chi connectivity index (χ3v) is 4.95. The van der Waals surface area contributed by atoms with Crippen LogP contribution < -0.4 is 9.64 Å². The van der Waals surface area contributed by atoms with Gasteiger partial charge in [0.05, 0.1) is 9.61 Å². The molecule has 0 bridgehead atoms. The third kappa shape index (κ3) is 1.22. The van der Waals surface area contributed by atoms with Gasteiger partial charge in [0.1, 0.15) is 6.61 Å². The number of pyridine rings is 1.